The van der Waals surface area contributed by atoms with Crippen LogP contribution in [0.5, 0.6) is 5.75 Å². The lowest BCUT2D eigenvalue weighted by Gasteiger charge is -2.31. The molecule has 5 rings (SSSR count). The third kappa shape index (κ3) is 6.40. The van der Waals surface area contributed by atoms with Crippen LogP contribution >= 0.6 is 0 Å². The fourth-order valence-electron chi connectivity index (χ4n) is 4.60. The molecular weight excluding hydrogens is 557 g/mol. The first-order valence-corrected chi connectivity index (χ1v) is 12.8. The highest BCUT2D eigenvalue weighted by Crippen LogP contribution is 2.36. The Kier molecular flexibility index (Phi) is 7.91. The highest BCUT2D eigenvalue weighted by atomic mass is 19.4. The molecule has 0 aliphatic carbocycles. The number of nitro groups is 1. The van der Waals surface area contributed by atoms with Crippen LogP contribution in [-0.4, -0.2) is 39.9 Å². The van der Waals surface area contributed by atoms with Crippen LogP contribution in [0.4, 0.5) is 29.3 Å². The molecule has 1 saturated heterocycles. The minimum absolute atomic E-state index is 0.109. The molecule has 1 N–H and O–H groups in total. The first-order valence-electron chi connectivity index (χ1n) is 12.8. The zero-order valence-electron chi connectivity index (χ0n) is 21.8. The number of halogens is 3. The summed E-state index contributed by atoms with van der Waals surface area (Å²) in [6.45, 7) is 0.843. The number of likely N-dealkylation sites (tertiary alicyclic amines) is 1. The van der Waals surface area contributed by atoms with Gasteiger partial charge in [0.05, 0.1) is 4.92 Å². The van der Waals surface area contributed by atoms with Gasteiger partial charge in [-0.05, 0) is 60.7 Å². The zero-order valence-corrected chi connectivity index (χ0v) is 21.8. The summed E-state index contributed by atoms with van der Waals surface area (Å²) in [4.78, 5) is 40.9. The molecule has 1 aromatic heterocycles. The van der Waals surface area contributed by atoms with E-state index in [1.54, 1.807) is 47.4 Å². The molecule has 4 aromatic rings. The van der Waals surface area contributed by atoms with Gasteiger partial charge in [0.2, 0.25) is 11.7 Å². The zero-order chi connectivity index (χ0) is 29.9. The quantitative estimate of drug-likeness (QED) is 0.194. The Morgan fingerprint density at radius 2 is 1.62 bits per heavy atom. The Balaban J connectivity index is 1.18. The summed E-state index contributed by atoms with van der Waals surface area (Å²) >= 11 is 0. The maximum absolute atomic E-state index is 13.6. The van der Waals surface area contributed by atoms with E-state index >= 15 is 0 Å². The summed E-state index contributed by atoms with van der Waals surface area (Å²) in [5, 5.41) is 13.2. The molecule has 13 heteroatoms. The van der Waals surface area contributed by atoms with E-state index in [2.05, 4.69) is 10.3 Å². The molecule has 2 heterocycles. The minimum Gasteiger partial charge on any atom is -0.431 e. The van der Waals surface area contributed by atoms with Gasteiger partial charge in [-0.25, -0.2) is 9.78 Å². The summed E-state index contributed by atoms with van der Waals surface area (Å²) in [6, 6.07) is 19.9. The predicted molar refractivity (Wildman–Crippen MR) is 144 cm³/mol. The molecule has 2 amide bonds. The fourth-order valence-corrected chi connectivity index (χ4v) is 4.60. The lowest BCUT2D eigenvalue weighted by molar-refractivity contribution is -0.384. The van der Waals surface area contributed by atoms with Crippen LogP contribution in [0.2, 0.25) is 0 Å². The summed E-state index contributed by atoms with van der Waals surface area (Å²) in [7, 11) is 0. The molecule has 3 aromatic carbocycles. The molecule has 1 fully saturated rings. The number of nitro benzene ring substituents is 1. The van der Waals surface area contributed by atoms with E-state index in [9.17, 15) is 32.9 Å². The standard InChI is InChI=1S/C29H23F3N4O6/c30-29(31,32)25-24(34-27(42-25)20-4-2-1-3-5-20)26(37)33-21-8-6-18(7-9-21)19-14-16-35(17-15-19)28(38)41-23-12-10-22(11-13-23)36(39)40/h1-13,19H,14-17H2,(H,33,37). The molecule has 0 unspecified atom stereocenters. The molecular formula is C29H23F3N4O6. The van der Waals surface area contributed by atoms with Gasteiger partial charge >= 0.3 is 12.3 Å². The van der Waals surface area contributed by atoms with Gasteiger partial charge in [0, 0.05) is 36.5 Å². The topological polar surface area (TPSA) is 128 Å². The number of aromatic nitrogens is 1. The molecule has 0 atom stereocenters. The number of rotatable bonds is 6. The van der Waals surface area contributed by atoms with E-state index in [-0.39, 0.29) is 28.9 Å². The maximum Gasteiger partial charge on any atom is 0.452 e. The second-order valence-corrected chi connectivity index (χ2v) is 9.52. The van der Waals surface area contributed by atoms with Gasteiger partial charge in [-0.1, -0.05) is 30.3 Å². The average molecular weight is 581 g/mol. The number of benzene rings is 3. The SMILES string of the molecule is O=C(Nc1ccc(C2CCN(C(=O)Oc3ccc([N+](=O)[O-])cc3)CC2)cc1)c1nc(-c2ccccc2)oc1C(F)(F)F. The number of hydrogen-bond donors (Lipinski definition) is 1. The van der Waals surface area contributed by atoms with Gasteiger partial charge in [-0.3, -0.25) is 14.9 Å². The van der Waals surface area contributed by atoms with Crippen LogP contribution in [0.3, 0.4) is 0 Å². The van der Waals surface area contributed by atoms with E-state index in [1.165, 1.54) is 36.4 Å². The number of nitrogens with one attached hydrogen (secondary N) is 1. The van der Waals surface area contributed by atoms with Crippen LogP contribution in [0.1, 0.15) is 40.6 Å². The van der Waals surface area contributed by atoms with Crippen molar-refractivity contribution in [2.75, 3.05) is 18.4 Å². The lowest BCUT2D eigenvalue weighted by Crippen LogP contribution is -2.39. The lowest BCUT2D eigenvalue weighted by atomic mass is 9.89. The molecule has 216 valence electrons. The third-order valence-electron chi connectivity index (χ3n) is 6.77. The van der Waals surface area contributed by atoms with E-state index < -0.39 is 34.6 Å². The second-order valence-electron chi connectivity index (χ2n) is 9.52. The fraction of sp³-hybridized carbons (Fsp3) is 0.207. The van der Waals surface area contributed by atoms with Crippen molar-refractivity contribution in [3.63, 3.8) is 0 Å². The normalized spacial score (nSPS) is 13.9. The monoisotopic (exact) mass is 580 g/mol. The first-order chi connectivity index (χ1) is 20.1. The Hall–Kier alpha value is -5.20. The number of nitrogens with zero attached hydrogens (tertiary/aromatic N) is 3. The molecule has 0 spiro atoms. The number of carbonyl (C=O) groups is 2. The van der Waals surface area contributed by atoms with Crippen molar-refractivity contribution in [1.82, 2.24) is 9.88 Å². The molecule has 0 saturated carbocycles. The molecule has 1 aliphatic heterocycles. The Morgan fingerprint density at radius 3 is 2.21 bits per heavy atom. The van der Waals surface area contributed by atoms with Gasteiger partial charge in [0.15, 0.2) is 5.69 Å². The number of amides is 2. The first kappa shape index (κ1) is 28.3. The Bertz CT molecular complexity index is 1580. The van der Waals surface area contributed by atoms with Crippen molar-refractivity contribution in [3.05, 3.63) is 106 Å². The Morgan fingerprint density at radius 1 is 0.976 bits per heavy atom. The average Bonchev–Trinajstić information content (AvgIpc) is 3.45. The summed E-state index contributed by atoms with van der Waals surface area (Å²) in [6.07, 6.45) is -4.20. The summed E-state index contributed by atoms with van der Waals surface area (Å²) in [5.41, 5.74) is 0.559. The largest absolute Gasteiger partial charge is 0.452 e. The third-order valence-corrected chi connectivity index (χ3v) is 6.77. The van der Waals surface area contributed by atoms with Crippen molar-refractivity contribution in [2.45, 2.75) is 24.9 Å². The number of hydrogen-bond acceptors (Lipinski definition) is 7. The van der Waals surface area contributed by atoms with Gasteiger partial charge in [0.25, 0.3) is 11.6 Å². The van der Waals surface area contributed by atoms with E-state index in [0.29, 0.717) is 31.5 Å². The predicted octanol–water partition coefficient (Wildman–Crippen LogP) is 6.90. The van der Waals surface area contributed by atoms with Crippen molar-refractivity contribution < 1.29 is 36.8 Å². The van der Waals surface area contributed by atoms with Crippen LogP contribution in [-0.2, 0) is 6.18 Å². The van der Waals surface area contributed by atoms with Crippen molar-refractivity contribution in [1.29, 1.82) is 0 Å². The second kappa shape index (κ2) is 11.7. The van der Waals surface area contributed by atoms with Crippen molar-refractivity contribution >= 4 is 23.4 Å². The van der Waals surface area contributed by atoms with E-state index in [0.717, 1.165) is 5.56 Å². The van der Waals surface area contributed by atoms with E-state index in [4.69, 9.17) is 9.15 Å². The molecule has 0 radical (unpaired) electrons. The maximum atomic E-state index is 13.6. The highest BCUT2D eigenvalue weighted by Gasteiger charge is 2.42. The number of alkyl halides is 3. The van der Waals surface area contributed by atoms with E-state index in [1.807, 2.05) is 0 Å². The van der Waals surface area contributed by atoms with Crippen LogP contribution < -0.4 is 10.1 Å². The summed E-state index contributed by atoms with van der Waals surface area (Å²) < 4.78 is 51.0. The number of piperidine rings is 1. The van der Waals surface area contributed by atoms with Crippen LogP contribution in [0.25, 0.3) is 11.5 Å². The van der Waals surface area contributed by atoms with Gasteiger partial charge in [-0.15, -0.1) is 0 Å². The Labute approximate surface area is 236 Å². The smallest absolute Gasteiger partial charge is 0.431 e. The van der Waals surface area contributed by atoms with Crippen LogP contribution in [0.15, 0.2) is 83.3 Å². The molecule has 10 nitrogen and oxygen atoms in total. The number of non-ortho nitro benzene ring substituents is 1. The number of ether oxygens (including phenoxy) is 1. The van der Waals surface area contributed by atoms with Crippen molar-refractivity contribution in [3.8, 4) is 17.2 Å². The van der Waals surface area contributed by atoms with Crippen LogP contribution in [0, 0.1) is 10.1 Å². The molecule has 1 aliphatic rings. The highest BCUT2D eigenvalue weighted by molar-refractivity contribution is 6.04. The van der Waals surface area contributed by atoms with Crippen molar-refractivity contribution in [2.24, 2.45) is 0 Å². The number of carbonyl (C=O) groups excluding carboxylic acids is 2. The van der Waals surface area contributed by atoms with Gasteiger partial charge in [0.1, 0.15) is 5.75 Å². The molecule has 0 bridgehead atoms. The minimum atomic E-state index is -4.92. The molecule has 42 heavy (non-hydrogen) atoms. The van der Waals surface area contributed by atoms with Gasteiger partial charge < -0.3 is 19.4 Å². The number of oxazole rings is 1. The summed E-state index contributed by atoms with van der Waals surface area (Å²) in [5.74, 6) is -2.53. The van der Waals surface area contributed by atoms with Gasteiger partial charge in [-0.2, -0.15) is 13.2 Å². The number of anilines is 1.